The summed E-state index contributed by atoms with van der Waals surface area (Å²) >= 11 is 2.94. The van der Waals surface area contributed by atoms with Crippen molar-refractivity contribution in [1.29, 1.82) is 0 Å². The van der Waals surface area contributed by atoms with Gasteiger partial charge in [0.2, 0.25) is 0 Å². The molecule has 0 saturated heterocycles. The molecule has 2 rings (SSSR count). The van der Waals surface area contributed by atoms with Crippen molar-refractivity contribution in [1.82, 2.24) is 0 Å². The Balaban J connectivity index is 2.35. The van der Waals surface area contributed by atoms with Crippen LogP contribution >= 0.6 is 15.9 Å². The van der Waals surface area contributed by atoms with Gasteiger partial charge in [0.1, 0.15) is 5.69 Å². The van der Waals surface area contributed by atoms with E-state index < -0.39 is 29.0 Å². The molecule has 7 heteroatoms. The van der Waals surface area contributed by atoms with E-state index in [1.165, 1.54) is 25.3 Å². The van der Waals surface area contributed by atoms with E-state index in [-0.39, 0.29) is 15.8 Å². The fraction of sp³-hybridized carbons (Fsp3) is 0.0714. The maximum Gasteiger partial charge on any atom is 0.259 e. The Bertz CT molecular complexity index is 684. The van der Waals surface area contributed by atoms with Crippen molar-refractivity contribution < 1.29 is 23.4 Å². The van der Waals surface area contributed by atoms with Crippen molar-refractivity contribution in [3.05, 3.63) is 52.0 Å². The number of halogens is 3. The molecule has 2 aromatic carbocycles. The number of nitrogens with one attached hydrogen (secondary N) is 1. The summed E-state index contributed by atoms with van der Waals surface area (Å²) in [4.78, 5) is 12.0. The van der Waals surface area contributed by atoms with Crippen LogP contribution in [0, 0.1) is 11.6 Å². The molecule has 0 atom stereocenters. The summed E-state index contributed by atoms with van der Waals surface area (Å²) < 4.78 is 32.4. The minimum Gasteiger partial charge on any atom is -0.504 e. The zero-order chi connectivity index (χ0) is 15.6. The lowest BCUT2D eigenvalue weighted by molar-refractivity contribution is 0.102. The van der Waals surface area contributed by atoms with Crippen molar-refractivity contribution in [2.75, 3.05) is 12.4 Å². The van der Waals surface area contributed by atoms with Crippen molar-refractivity contribution in [3.8, 4) is 11.5 Å². The molecule has 4 nitrogen and oxygen atoms in total. The number of hydrogen-bond donors (Lipinski definition) is 2. The number of benzene rings is 2. The Labute approximate surface area is 127 Å². The number of para-hydroxylation sites is 1. The molecule has 0 aliphatic rings. The summed E-state index contributed by atoms with van der Waals surface area (Å²) in [5, 5.41) is 11.9. The third kappa shape index (κ3) is 3.13. The summed E-state index contributed by atoms with van der Waals surface area (Å²) in [6.07, 6.45) is 0. The Morgan fingerprint density at radius 1 is 1.29 bits per heavy atom. The Kier molecular flexibility index (Phi) is 4.42. The number of aromatic hydroxyl groups is 1. The fourth-order valence-corrected chi connectivity index (χ4v) is 2.11. The number of rotatable bonds is 3. The van der Waals surface area contributed by atoms with E-state index in [9.17, 15) is 18.7 Å². The molecule has 0 bridgehead atoms. The zero-order valence-electron chi connectivity index (χ0n) is 10.8. The van der Waals surface area contributed by atoms with Gasteiger partial charge in [-0.3, -0.25) is 4.79 Å². The minimum atomic E-state index is -0.933. The molecule has 0 aromatic heterocycles. The summed E-state index contributed by atoms with van der Waals surface area (Å²) in [6.45, 7) is 0. The largest absolute Gasteiger partial charge is 0.504 e. The van der Waals surface area contributed by atoms with Gasteiger partial charge in [0, 0.05) is 4.47 Å². The van der Waals surface area contributed by atoms with Crippen LogP contribution < -0.4 is 10.1 Å². The molecule has 0 spiro atoms. The number of phenols is 1. The van der Waals surface area contributed by atoms with E-state index in [4.69, 9.17) is 4.74 Å². The predicted molar refractivity (Wildman–Crippen MR) is 76.7 cm³/mol. The zero-order valence-corrected chi connectivity index (χ0v) is 12.4. The van der Waals surface area contributed by atoms with Crippen LogP contribution in [0.2, 0.25) is 0 Å². The predicted octanol–water partition coefficient (Wildman–Crippen LogP) is 3.69. The molecule has 0 heterocycles. The molecule has 0 saturated carbocycles. The number of ether oxygens (including phenoxy) is 1. The van der Waals surface area contributed by atoms with Crippen molar-refractivity contribution in [3.63, 3.8) is 0 Å². The van der Waals surface area contributed by atoms with E-state index in [0.717, 1.165) is 12.1 Å². The van der Waals surface area contributed by atoms with Crippen LogP contribution in [0.1, 0.15) is 10.4 Å². The molecular weight excluding hydrogens is 348 g/mol. The lowest BCUT2D eigenvalue weighted by Gasteiger charge is -2.11. The number of anilines is 1. The first kappa shape index (κ1) is 15.2. The highest BCUT2D eigenvalue weighted by Crippen LogP contribution is 2.31. The van der Waals surface area contributed by atoms with Gasteiger partial charge in [-0.05, 0) is 24.3 Å². The fourth-order valence-electron chi connectivity index (χ4n) is 1.71. The number of carbonyl (C=O) groups is 1. The van der Waals surface area contributed by atoms with Gasteiger partial charge in [0.05, 0.1) is 12.7 Å². The van der Waals surface area contributed by atoms with Crippen LogP contribution in [0.3, 0.4) is 0 Å². The number of methoxy groups -OCH3 is 1. The van der Waals surface area contributed by atoms with E-state index in [1.54, 1.807) is 0 Å². The van der Waals surface area contributed by atoms with E-state index in [2.05, 4.69) is 21.2 Å². The summed E-state index contributed by atoms with van der Waals surface area (Å²) in [7, 11) is 1.32. The van der Waals surface area contributed by atoms with Gasteiger partial charge < -0.3 is 15.2 Å². The van der Waals surface area contributed by atoms with Crippen molar-refractivity contribution in [2.45, 2.75) is 0 Å². The van der Waals surface area contributed by atoms with Gasteiger partial charge in [-0.1, -0.05) is 22.0 Å². The van der Waals surface area contributed by atoms with Crippen LogP contribution in [-0.4, -0.2) is 18.1 Å². The molecule has 2 N–H and O–H groups in total. The standard InChI is InChI=1S/C14H10BrF2NO3/c1-21-11-4-2-3-8(13(11)19)14(20)18-12-9(16)5-7(15)6-10(12)17/h2-6,19H,1H3,(H,18,20). The smallest absolute Gasteiger partial charge is 0.259 e. The normalized spacial score (nSPS) is 10.3. The number of phenolic OH excluding ortho intramolecular Hbond substituents is 1. The highest BCUT2D eigenvalue weighted by molar-refractivity contribution is 9.10. The average Bonchev–Trinajstić information content (AvgIpc) is 2.42. The van der Waals surface area contributed by atoms with Crippen LogP contribution in [0.15, 0.2) is 34.8 Å². The maximum atomic E-state index is 13.7. The molecule has 0 unspecified atom stereocenters. The van der Waals surface area contributed by atoms with Gasteiger partial charge in [0.25, 0.3) is 5.91 Å². The second-order valence-corrected chi connectivity index (χ2v) is 4.97. The highest BCUT2D eigenvalue weighted by atomic mass is 79.9. The molecule has 1 amide bonds. The van der Waals surface area contributed by atoms with Crippen LogP contribution in [0.4, 0.5) is 14.5 Å². The van der Waals surface area contributed by atoms with E-state index >= 15 is 0 Å². The lowest BCUT2D eigenvalue weighted by Crippen LogP contribution is -2.14. The SMILES string of the molecule is COc1cccc(C(=O)Nc2c(F)cc(Br)cc2F)c1O. The van der Waals surface area contributed by atoms with Gasteiger partial charge >= 0.3 is 0 Å². The molecule has 0 aliphatic heterocycles. The van der Waals surface area contributed by atoms with E-state index in [0.29, 0.717) is 0 Å². The van der Waals surface area contributed by atoms with Crippen LogP contribution in [-0.2, 0) is 0 Å². The Morgan fingerprint density at radius 2 is 1.90 bits per heavy atom. The molecule has 0 aliphatic carbocycles. The Hall–Kier alpha value is -2.15. The highest BCUT2D eigenvalue weighted by Gasteiger charge is 2.18. The van der Waals surface area contributed by atoms with Gasteiger partial charge in [0.15, 0.2) is 23.1 Å². The maximum absolute atomic E-state index is 13.7. The van der Waals surface area contributed by atoms with Gasteiger partial charge in [-0.15, -0.1) is 0 Å². The minimum absolute atomic E-state index is 0.0828. The Morgan fingerprint density at radius 3 is 2.48 bits per heavy atom. The van der Waals surface area contributed by atoms with E-state index in [1.807, 2.05) is 0 Å². The molecule has 110 valence electrons. The third-order valence-electron chi connectivity index (χ3n) is 2.71. The third-order valence-corrected chi connectivity index (χ3v) is 3.17. The van der Waals surface area contributed by atoms with Gasteiger partial charge in [-0.25, -0.2) is 8.78 Å². The first-order chi connectivity index (χ1) is 9.93. The number of hydrogen-bond acceptors (Lipinski definition) is 3. The lowest BCUT2D eigenvalue weighted by atomic mass is 10.1. The molecule has 21 heavy (non-hydrogen) atoms. The average molecular weight is 358 g/mol. The molecule has 0 fully saturated rings. The van der Waals surface area contributed by atoms with Crippen LogP contribution in [0.5, 0.6) is 11.5 Å². The molecule has 2 aromatic rings. The summed E-state index contributed by atoms with van der Waals surface area (Å²) in [5.74, 6) is -3.04. The monoisotopic (exact) mass is 357 g/mol. The summed E-state index contributed by atoms with van der Waals surface area (Å²) in [5.41, 5.74) is -0.749. The second kappa shape index (κ2) is 6.09. The topological polar surface area (TPSA) is 58.6 Å². The molecular formula is C14H10BrF2NO3. The molecule has 0 radical (unpaired) electrons. The quantitative estimate of drug-likeness (QED) is 0.880. The van der Waals surface area contributed by atoms with Crippen molar-refractivity contribution in [2.24, 2.45) is 0 Å². The first-order valence-electron chi connectivity index (χ1n) is 5.76. The first-order valence-corrected chi connectivity index (χ1v) is 6.55. The van der Waals surface area contributed by atoms with Gasteiger partial charge in [-0.2, -0.15) is 0 Å². The van der Waals surface area contributed by atoms with Crippen LogP contribution in [0.25, 0.3) is 0 Å². The summed E-state index contributed by atoms with van der Waals surface area (Å²) in [6, 6.07) is 6.27. The number of carbonyl (C=O) groups excluding carboxylic acids is 1. The van der Waals surface area contributed by atoms with Crippen molar-refractivity contribution >= 4 is 27.5 Å². The number of amides is 1. The second-order valence-electron chi connectivity index (χ2n) is 4.05.